The number of fused-ring (bicyclic) bond motifs is 1. The van der Waals surface area contributed by atoms with Gasteiger partial charge in [0.05, 0.1) is 47.4 Å². The monoisotopic (exact) mass is 676 g/mol. The lowest BCUT2D eigenvalue weighted by Gasteiger charge is -2.25. The quantitative estimate of drug-likeness (QED) is 0.149. The highest BCUT2D eigenvalue weighted by Crippen LogP contribution is 2.32. The van der Waals surface area contributed by atoms with Gasteiger partial charge in [-0.2, -0.15) is 5.10 Å². The second kappa shape index (κ2) is 14.5. The lowest BCUT2D eigenvalue weighted by atomic mass is 9.96. The van der Waals surface area contributed by atoms with Crippen LogP contribution in [0.15, 0.2) is 106 Å². The fraction of sp³-hybridized carbons (Fsp3) is 0.282. The molecule has 3 aromatic carbocycles. The molecule has 1 aliphatic rings. The highest BCUT2D eigenvalue weighted by atomic mass is 32.1. The van der Waals surface area contributed by atoms with Crippen molar-refractivity contribution in [2.24, 2.45) is 10.9 Å². The average Bonchev–Trinajstić information content (AvgIpc) is 3.64. The summed E-state index contributed by atoms with van der Waals surface area (Å²) >= 11 is 1.28. The summed E-state index contributed by atoms with van der Waals surface area (Å²) in [5.41, 5.74) is 4.56. The van der Waals surface area contributed by atoms with Crippen molar-refractivity contribution in [3.63, 3.8) is 0 Å². The van der Waals surface area contributed by atoms with Crippen molar-refractivity contribution in [3.8, 4) is 28.4 Å². The largest absolute Gasteiger partial charge is 0.497 e. The summed E-state index contributed by atoms with van der Waals surface area (Å²) in [6.45, 7) is 10.4. The van der Waals surface area contributed by atoms with E-state index in [1.807, 2.05) is 95.8 Å². The van der Waals surface area contributed by atoms with Crippen LogP contribution in [-0.2, 0) is 9.53 Å². The van der Waals surface area contributed by atoms with Gasteiger partial charge in [-0.15, -0.1) is 0 Å². The summed E-state index contributed by atoms with van der Waals surface area (Å²) in [5, 5.41) is 4.96. The lowest BCUT2D eigenvalue weighted by Crippen LogP contribution is -2.40. The van der Waals surface area contributed by atoms with Crippen LogP contribution in [0.25, 0.3) is 23.0 Å². The van der Waals surface area contributed by atoms with E-state index in [4.69, 9.17) is 24.3 Å². The molecule has 10 heteroatoms. The lowest BCUT2D eigenvalue weighted by molar-refractivity contribution is -0.143. The van der Waals surface area contributed by atoms with Crippen LogP contribution >= 0.6 is 11.3 Å². The van der Waals surface area contributed by atoms with Crippen molar-refractivity contribution in [1.29, 1.82) is 0 Å². The summed E-state index contributed by atoms with van der Waals surface area (Å²) in [4.78, 5) is 33.1. The van der Waals surface area contributed by atoms with Gasteiger partial charge in [0.15, 0.2) is 4.80 Å². The first-order valence-corrected chi connectivity index (χ1v) is 17.2. The molecule has 0 N–H and O–H groups in total. The third kappa shape index (κ3) is 7.29. The molecular formula is C39H40N4O5S. The molecule has 1 aliphatic heterocycles. The van der Waals surface area contributed by atoms with Gasteiger partial charge in [0, 0.05) is 17.3 Å². The van der Waals surface area contributed by atoms with E-state index in [9.17, 15) is 9.59 Å². The van der Waals surface area contributed by atoms with E-state index in [1.54, 1.807) is 32.4 Å². The molecule has 0 radical (unpaired) electrons. The Morgan fingerprint density at radius 3 is 2.31 bits per heavy atom. The number of ether oxygens (including phenoxy) is 3. The molecule has 5 aromatic rings. The molecule has 0 amide bonds. The van der Waals surface area contributed by atoms with Crippen molar-refractivity contribution in [1.82, 2.24) is 14.3 Å². The van der Waals surface area contributed by atoms with Crippen molar-refractivity contribution in [2.45, 2.75) is 53.2 Å². The van der Waals surface area contributed by atoms with E-state index < -0.39 is 12.0 Å². The van der Waals surface area contributed by atoms with Gasteiger partial charge in [0.1, 0.15) is 17.2 Å². The molecule has 1 atom stereocenters. The van der Waals surface area contributed by atoms with Crippen molar-refractivity contribution in [3.05, 3.63) is 127 Å². The van der Waals surface area contributed by atoms with Gasteiger partial charge in [-0.25, -0.2) is 14.5 Å². The first-order valence-electron chi connectivity index (χ1n) is 16.4. The Balaban J connectivity index is 1.47. The number of methoxy groups -OCH3 is 1. The fourth-order valence-electron chi connectivity index (χ4n) is 5.65. The van der Waals surface area contributed by atoms with Crippen LogP contribution in [0.1, 0.15) is 58.2 Å². The van der Waals surface area contributed by atoms with Crippen LogP contribution in [0.4, 0.5) is 0 Å². The minimum absolute atomic E-state index is 0.265. The molecule has 6 rings (SSSR count). The highest BCUT2D eigenvalue weighted by Gasteiger charge is 2.34. The number of carbonyl (C=O) groups is 1. The van der Waals surface area contributed by atoms with Crippen LogP contribution in [-0.4, -0.2) is 40.1 Å². The number of rotatable bonds is 11. The van der Waals surface area contributed by atoms with E-state index in [2.05, 4.69) is 13.8 Å². The number of hydrogen-bond acceptors (Lipinski definition) is 8. The van der Waals surface area contributed by atoms with Crippen molar-refractivity contribution < 1.29 is 19.0 Å². The standard InChI is InChI=1S/C39H40N4O5S/c1-24(2)20-21-47-32-18-12-27(13-19-32)35-29(23-42(41-35)30-10-8-7-9-11-30)22-33-37(44)43-36(28-14-16-31(46-6)17-15-28)34(38(45)48-25(3)4)26(5)40-39(43)49-33/h7-19,22-25,36H,20-21H2,1-6H3/b33-22+. The molecule has 252 valence electrons. The predicted molar refractivity (Wildman–Crippen MR) is 192 cm³/mol. The Hall–Kier alpha value is -5.22. The summed E-state index contributed by atoms with van der Waals surface area (Å²) in [5.74, 6) is 1.52. The summed E-state index contributed by atoms with van der Waals surface area (Å²) < 4.78 is 20.8. The van der Waals surface area contributed by atoms with E-state index in [0.29, 0.717) is 44.6 Å². The average molecular weight is 677 g/mol. The molecule has 2 aromatic heterocycles. The zero-order chi connectivity index (χ0) is 34.7. The van der Waals surface area contributed by atoms with E-state index in [0.717, 1.165) is 34.5 Å². The smallest absolute Gasteiger partial charge is 0.338 e. The van der Waals surface area contributed by atoms with Gasteiger partial charge in [-0.1, -0.05) is 55.5 Å². The van der Waals surface area contributed by atoms with E-state index in [-0.39, 0.29) is 11.7 Å². The highest BCUT2D eigenvalue weighted by molar-refractivity contribution is 7.07. The minimum atomic E-state index is -0.731. The van der Waals surface area contributed by atoms with Gasteiger partial charge in [-0.3, -0.25) is 9.36 Å². The number of allylic oxidation sites excluding steroid dienone is 1. The summed E-state index contributed by atoms with van der Waals surface area (Å²) in [7, 11) is 1.60. The zero-order valence-electron chi connectivity index (χ0n) is 28.5. The molecule has 0 spiro atoms. The maximum Gasteiger partial charge on any atom is 0.338 e. The Labute approximate surface area is 289 Å². The first-order chi connectivity index (χ1) is 23.6. The number of hydrogen-bond donors (Lipinski definition) is 0. The number of para-hydroxylation sites is 1. The molecule has 0 saturated heterocycles. The normalized spacial score (nSPS) is 14.6. The number of carbonyl (C=O) groups excluding carboxylic acids is 1. The Morgan fingerprint density at radius 1 is 0.959 bits per heavy atom. The van der Waals surface area contributed by atoms with Crippen molar-refractivity contribution >= 4 is 23.4 Å². The molecule has 0 aliphatic carbocycles. The minimum Gasteiger partial charge on any atom is -0.497 e. The van der Waals surface area contributed by atoms with Gasteiger partial charge < -0.3 is 14.2 Å². The van der Waals surface area contributed by atoms with Gasteiger partial charge in [0.25, 0.3) is 5.56 Å². The molecule has 1 unspecified atom stereocenters. The molecule has 0 fully saturated rings. The van der Waals surface area contributed by atoms with E-state index >= 15 is 0 Å². The maximum absolute atomic E-state index is 14.4. The maximum atomic E-state index is 14.4. The zero-order valence-corrected chi connectivity index (χ0v) is 29.4. The molecule has 3 heterocycles. The van der Waals surface area contributed by atoms with Crippen LogP contribution in [0.5, 0.6) is 11.5 Å². The predicted octanol–water partition coefficient (Wildman–Crippen LogP) is 6.47. The Bertz CT molecular complexity index is 2160. The number of benzene rings is 3. The third-order valence-electron chi connectivity index (χ3n) is 8.16. The molecule has 0 saturated carbocycles. The van der Waals surface area contributed by atoms with Crippen molar-refractivity contribution in [2.75, 3.05) is 13.7 Å². The first kappa shape index (κ1) is 33.7. The van der Waals surface area contributed by atoms with Crippen LogP contribution in [0.2, 0.25) is 0 Å². The summed E-state index contributed by atoms with van der Waals surface area (Å²) in [6, 6.07) is 24.3. The molecular weight excluding hydrogens is 637 g/mol. The van der Waals surface area contributed by atoms with E-state index in [1.165, 1.54) is 11.3 Å². The topological polar surface area (TPSA) is 96.9 Å². The number of esters is 1. The molecule has 9 nitrogen and oxygen atoms in total. The Kier molecular flexibility index (Phi) is 9.96. The second-order valence-electron chi connectivity index (χ2n) is 12.6. The van der Waals surface area contributed by atoms with Gasteiger partial charge in [0.2, 0.25) is 0 Å². The third-order valence-corrected chi connectivity index (χ3v) is 9.14. The van der Waals surface area contributed by atoms with Crippen LogP contribution in [0.3, 0.4) is 0 Å². The van der Waals surface area contributed by atoms with Crippen LogP contribution in [0, 0.1) is 5.92 Å². The number of aromatic nitrogens is 3. The summed E-state index contributed by atoms with van der Waals surface area (Å²) in [6.07, 6.45) is 4.42. The molecule has 49 heavy (non-hydrogen) atoms. The van der Waals surface area contributed by atoms with Gasteiger partial charge in [-0.05, 0) is 93.3 Å². The van der Waals surface area contributed by atoms with Crippen LogP contribution < -0.4 is 24.4 Å². The number of nitrogens with zero attached hydrogens (tertiary/aromatic N) is 4. The molecule has 0 bridgehead atoms. The Morgan fingerprint density at radius 2 is 1.65 bits per heavy atom. The SMILES string of the molecule is COc1ccc(C2C(C(=O)OC(C)C)=C(C)N=c3s/c(=C/c4cn(-c5ccccc5)nc4-c4ccc(OCCC(C)C)cc4)c(=O)n32)cc1. The second-order valence-corrected chi connectivity index (χ2v) is 13.6. The fourth-order valence-corrected chi connectivity index (χ4v) is 6.69. The number of thiazole rings is 1. The van der Waals surface area contributed by atoms with Gasteiger partial charge >= 0.3 is 5.97 Å².